The molecule has 100 valence electrons. The fourth-order valence-corrected chi connectivity index (χ4v) is 1.59. The summed E-state index contributed by atoms with van der Waals surface area (Å²) in [5, 5.41) is 3.76. The van der Waals surface area contributed by atoms with Gasteiger partial charge in [0, 0.05) is 6.07 Å². The molecule has 0 unspecified atom stereocenters. The molecule has 0 atom stereocenters. The van der Waals surface area contributed by atoms with Crippen molar-refractivity contribution in [2.24, 2.45) is 0 Å². The Hall–Kier alpha value is -2.31. The molecular formula is C12H10F3N3O. The van der Waals surface area contributed by atoms with Gasteiger partial charge < -0.3 is 5.73 Å². The molecule has 0 amide bonds. The number of anilines is 1. The van der Waals surface area contributed by atoms with Crippen LogP contribution in [0.1, 0.15) is 11.1 Å². The summed E-state index contributed by atoms with van der Waals surface area (Å²) in [6.07, 6.45) is -3.13. The standard InChI is InChI=1S/C12H10F3N3O/c13-12(14,15)9-3-1-2-8(4-9)7-18-11(19)5-10(16)6-17-18/h1-6H,7,16H2. The third-order valence-electron chi connectivity index (χ3n) is 2.48. The van der Waals surface area contributed by atoms with Crippen molar-refractivity contribution in [1.82, 2.24) is 9.78 Å². The van der Waals surface area contributed by atoms with E-state index in [1.54, 1.807) is 0 Å². The zero-order chi connectivity index (χ0) is 14.0. The lowest BCUT2D eigenvalue weighted by atomic mass is 10.1. The van der Waals surface area contributed by atoms with Crippen molar-refractivity contribution in [1.29, 1.82) is 0 Å². The van der Waals surface area contributed by atoms with E-state index >= 15 is 0 Å². The van der Waals surface area contributed by atoms with Crippen LogP contribution in [0.25, 0.3) is 0 Å². The Morgan fingerprint density at radius 3 is 2.63 bits per heavy atom. The second-order valence-corrected chi connectivity index (χ2v) is 3.98. The van der Waals surface area contributed by atoms with E-state index in [9.17, 15) is 18.0 Å². The van der Waals surface area contributed by atoms with Gasteiger partial charge in [-0.1, -0.05) is 12.1 Å². The van der Waals surface area contributed by atoms with E-state index in [-0.39, 0.29) is 12.2 Å². The molecule has 0 bridgehead atoms. The molecule has 7 heteroatoms. The van der Waals surface area contributed by atoms with Crippen molar-refractivity contribution in [2.45, 2.75) is 12.7 Å². The van der Waals surface area contributed by atoms with Gasteiger partial charge >= 0.3 is 6.18 Å². The van der Waals surface area contributed by atoms with Crippen LogP contribution >= 0.6 is 0 Å². The van der Waals surface area contributed by atoms with Gasteiger partial charge in [0.1, 0.15) is 0 Å². The van der Waals surface area contributed by atoms with Crippen molar-refractivity contribution in [3.05, 3.63) is 58.0 Å². The second kappa shape index (κ2) is 4.75. The predicted octanol–water partition coefficient (Wildman–Crippen LogP) is 1.89. The van der Waals surface area contributed by atoms with E-state index in [2.05, 4.69) is 5.10 Å². The van der Waals surface area contributed by atoms with Gasteiger partial charge in [0.2, 0.25) is 0 Å². The predicted molar refractivity (Wildman–Crippen MR) is 63.5 cm³/mol. The molecular weight excluding hydrogens is 259 g/mol. The summed E-state index contributed by atoms with van der Waals surface area (Å²) in [6, 6.07) is 5.92. The van der Waals surface area contributed by atoms with Crippen LogP contribution in [0.5, 0.6) is 0 Å². The highest BCUT2D eigenvalue weighted by Crippen LogP contribution is 2.29. The van der Waals surface area contributed by atoms with Crippen molar-refractivity contribution >= 4 is 5.69 Å². The molecule has 4 nitrogen and oxygen atoms in total. The maximum atomic E-state index is 12.5. The van der Waals surface area contributed by atoms with Crippen LogP contribution in [-0.4, -0.2) is 9.78 Å². The number of halogens is 3. The van der Waals surface area contributed by atoms with Crippen molar-refractivity contribution in [2.75, 3.05) is 5.73 Å². The van der Waals surface area contributed by atoms with Crippen LogP contribution in [0, 0.1) is 0 Å². The first-order chi connectivity index (χ1) is 8.86. The highest BCUT2D eigenvalue weighted by molar-refractivity contribution is 5.32. The number of hydrogen-bond acceptors (Lipinski definition) is 3. The van der Waals surface area contributed by atoms with Crippen LogP contribution in [0.4, 0.5) is 18.9 Å². The second-order valence-electron chi connectivity index (χ2n) is 3.98. The van der Waals surface area contributed by atoms with Gasteiger partial charge in [-0.25, -0.2) is 4.68 Å². The molecule has 2 rings (SSSR count). The van der Waals surface area contributed by atoms with Crippen LogP contribution < -0.4 is 11.3 Å². The number of alkyl halides is 3. The summed E-state index contributed by atoms with van der Waals surface area (Å²) in [7, 11) is 0. The van der Waals surface area contributed by atoms with Gasteiger partial charge in [-0.15, -0.1) is 0 Å². The lowest BCUT2D eigenvalue weighted by Crippen LogP contribution is -2.23. The van der Waals surface area contributed by atoms with Crippen LogP contribution in [0.2, 0.25) is 0 Å². The number of benzene rings is 1. The number of nitrogens with zero attached hydrogens (tertiary/aromatic N) is 2. The van der Waals surface area contributed by atoms with E-state index in [0.29, 0.717) is 5.56 Å². The lowest BCUT2D eigenvalue weighted by Gasteiger charge is -2.09. The van der Waals surface area contributed by atoms with E-state index in [1.807, 2.05) is 0 Å². The zero-order valence-corrected chi connectivity index (χ0v) is 9.69. The molecule has 0 spiro atoms. The van der Waals surface area contributed by atoms with E-state index in [1.165, 1.54) is 24.4 Å². The summed E-state index contributed by atoms with van der Waals surface area (Å²) in [6.45, 7) is -0.0387. The minimum absolute atomic E-state index is 0.0387. The summed E-state index contributed by atoms with van der Waals surface area (Å²) in [5.74, 6) is 0. The van der Waals surface area contributed by atoms with Crippen molar-refractivity contribution in [3.63, 3.8) is 0 Å². The minimum Gasteiger partial charge on any atom is -0.397 e. The molecule has 0 saturated heterocycles. The molecule has 19 heavy (non-hydrogen) atoms. The van der Waals surface area contributed by atoms with E-state index in [4.69, 9.17) is 5.73 Å². The molecule has 2 N–H and O–H groups in total. The molecule has 0 fully saturated rings. The Kier molecular flexibility index (Phi) is 3.28. The molecule has 1 aromatic carbocycles. The zero-order valence-electron chi connectivity index (χ0n) is 9.69. The highest BCUT2D eigenvalue weighted by atomic mass is 19.4. The first kappa shape index (κ1) is 13.1. The van der Waals surface area contributed by atoms with Gasteiger partial charge in [0.15, 0.2) is 0 Å². The third-order valence-corrected chi connectivity index (χ3v) is 2.48. The Balaban J connectivity index is 2.31. The smallest absolute Gasteiger partial charge is 0.397 e. The Morgan fingerprint density at radius 2 is 2.00 bits per heavy atom. The average Bonchev–Trinajstić information content (AvgIpc) is 2.32. The summed E-state index contributed by atoms with van der Waals surface area (Å²) in [5.41, 5.74) is 4.72. The Morgan fingerprint density at radius 1 is 1.26 bits per heavy atom. The topological polar surface area (TPSA) is 60.9 Å². The van der Waals surface area contributed by atoms with Gasteiger partial charge in [0.05, 0.1) is 24.0 Å². The van der Waals surface area contributed by atoms with Gasteiger partial charge in [0.25, 0.3) is 5.56 Å². The maximum Gasteiger partial charge on any atom is 0.416 e. The Bertz CT molecular complexity index is 649. The fourth-order valence-electron chi connectivity index (χ4n) is 1.59. The number of nitrogens with two attached hydrogens (primary N) is 1. The number of aromatic nitrogens is 2. The molecule has 0 aliphatic rings. The Labute approximate surface area is 106 Å². The highest BCUT2D eigenvalue weighted by Gasteiger charge is 2.30. The lowest BCUT2D eigenvalue weighted by molar-refractivity contribution is -0.137. The molecule has 0 aliphatic carbocycles. The van der Waals surface area contributed by atoms with Gasteiger partial charge in [-0.3, -0.25) is 4.79 Å². The van der Waals surface area contributed by atoms with Gasteiger partial charge in [-0.05, 0) is 17.7 Å². The van der Waals surface area contributed by atoms with Gasteiger partial charge in [-0.2, -0.15) is 18.3 Å². The van der Waals surface area contributed by atoms with Crippen molar-refractivity contribution < 1.29 is 13.2 Å². The quantitative estimate of drug-likeness (QED) is 0.905. The normalized spacial score (nSPS) is 11.5. The number of rotatable bonds is 2. The molecule has 2 aromatic rings. The molecule has 0 aliphatic heterocycles. The number of hydrogen-bond donors (Lipinski definition) is 1. The summed E-state index contributed by atoms with van der Waals surface area (Å²) >= 11 is 0. The first-order valence-corrected chi connectivity index (χ1v) is 5.35. The third kappa shape index (κ3) is 3.12. The SMILES string of the molecule is Nc1cnn(Cc2cccc(C(F)(F)F)c2)c(=O)c1. The average molecular weight is 269 g/mol. The molecule has 1 heterocycles. The summed E-state index contributed by atoms with van der Waals surface area (Å²) in [4.78, 5) is 11.5. The van der Waals surface area contributed by atoms with E-state index < -0.39 is 17.3 Å². The van der Waals surface area contributed by atoms with Crippen molar-refractivity contribution in [3.8, 4) is 0 Å². The van der Waals surface area contributed by atoms with Crippen LogP contribution in [0.15, 0.2) is 41.3 Å². The van der Waals surface area contributed by atoms with Crippen LogP contribution in [0.3, 0.4) is 0 Å². The maximum absolute atomic E-state index is 12.5. The fraction of sp³-hybridized carbons (Fsp3) is 0.167. The molecule has 0 saturated carbocycles. The molecule has 1 aromatic heterocycles. The van der Waals surface area contributed by atoms with E-state index in [0.717, 1.165) is 16.8 Å². The number of nitrogen functional groups attached to an aromatic ring is 1. The molecule has 0 radical (unpaired) electrons. The summed E-state index contributed by atoms with van der Waals surface area (Å²) < 4.78 is 38.7. The monoisotopic (exact) mass is 269 g/mol. The largest absolute Gasteiger partial charge is 0.416 e. The van der Waals surface area contributed by atoms with Crippen LogP contribution in [-0.2, 0) is 12.7 Å². The first-order valence-electron chi connectivity index (χ1n) is 5.35. The minimum atomic E-state index is -4.41.